The minimum Gasteiger partial charge on any atom is -0.308 e. The van der Waals surface area contributed by atoms with Crippen LogP contribution in [0.25, 0.3) is 0 Å². The number of carbonyl (C=O) groups excluding carboxylic acids is 1. The largest absolute Gasteiger partial charge is 0.386 e. The van der Waals surface area contributed by atoms with E-state index in [0.717, 1.165) is 0 Å². The number of ketones is 1. The number of alkyl halides is 3. The Labute approximate surface area is 84.4 Å². The molecule has 0 aromatic carbocycles. The average molecular weight is 215 g/mol. The maximum Gasteiger partial charge on any atom is 0.386 e. The molecule has 0 aromatic rings. The second-order valence-electron chi connectivity index (χ2n) is 3.21. The van der Waals surface area contributed by atoms with Gasteiger partial charge in [0.05, 0.1) is 6.54 Å². The SMILES string of the molecule is CC(F)(F)F.CCC(=O)CNC(C)C.[HH]. The van der Waals surface area contributed by atoms with Gasteiger partial charge >= 0.3 is 6.18 Å². The van der Waals surface area contributed by atoms with Crippen molar-refractivity contribution in [2.24, 2.45) is 0 Å². The van der Waals surface area contributed by atoms with Crippen LogP contribution in [0.2, 0.25) is 0 Å². The molecule has 0 aromatic heterocycles. The summed E-state index contributed by atoms with van der Waals surface area (Å²) in [7, 11) is 0. The van der Waals surface area contributed by atoms with E-state index in [9.17, 15) is 18.0 Å². The van der Waals surface area contributed by atoms with Crippen molar-refractivity contribution in [1.29, 1.82) is 0 Å². The van der Waals surface area contributed by atoms with Gasteiger partial charge in [-0.15, -0.1) is 0 Å². The Balaban J connectivity index is -0.000000208. The monoisotopic (exact) mass is 215 g/mol. The summed E-state index contributed by atoms with van der Waals surface area (Å²) in [6.45, 7) is 6.65. The van der Waals surface area contributed by atoms with Crippen molar-refractivity contribution in [3.63, 3.8) is 0 Å². The summed E-state index contributed by atoms with van der Waals surface area (Å²) in [5, 5.41) is 3.05. The first kappa shape index (κ1) is 15.9. The van der Waals surface area contributed by atoms with Gasteiger partial charge in [0.15, 0.2) is 0 Å². The first-order valence-corrected chi connectivity index (χ1v) is 4.48. The topological polar surface area (TPSA) is 29.1 Å². The van der Waals surface area contributed by atoms with Crippen LogP contribution in [-0.2, 0) is 4.79 Å². The van der Waals surface area contributed by atoms with Crippen molar-refractivity contribution in [1.82, 2.24) is 5.32 Å². The second-order valence-corrected chi connectivity index (χ2v) is 3.21. The molecular formula is C9H20F3NO. The molecule has 0 unspecified atom stereocenters. The molecule has 14 heavy (non-hydrogen) atoms. The van der Waals surface area contributed by atoms with Crippen molar-refractivity contribution < 1.29 is 19.4 Å². The highest BCUT2D eigenvalue weighted by Gasteiger charge is 2.15. The lowest BCUT2D eigenvalue weighted by molar-refractivity contribution is -0.118. The Hall–Kier alpha value is -0.580. The minimum atomic E-state index is -4.00. The molecule has 88 valence electrons. The number of Topliss-reactive ketones (excluding diaryl/α,β-unsaturated/α-hetero) is 1. The average Bonchev–Trinajstić information content (AvgIpc) is 1.96. The molecule has 0 heterocycles. The molecular weight excluding hydrogens is 195 g/mol. The lowest BCUT2D eigenvalue weighted by Gasteiger charge is -2.04. The van der Waals surface area contributed by atoms with Gasteiger partial charge < -0.3 is 5.32 Å². The van der Waals surface area contributed by atoms with Crippen LogP contribution >= 0.6 is 0 Å². The van der Waals surface area contributed by atoms with Crippen molar-refractivity contribution in [3.05, 3.63) is 0 Å². The molecule has 0 aliphatic heterocycles. The third-order valence-electron chi connectivity index (χ3n) is 1.10. The van der Waals surface area contributed by atoms with Crippen LogP contribution < -0.4 is 5.32 Å². The molecule has 0 aliphatic carbocycles. The number of carbonyl (C=O) groups is 1. The van der Waals surface area contributed by atoms with Crippen LogP contribution in [0.1, 0.15) is 35.5 Å². The van der Waals surface area contributed by atoms with Crippen LogP contribution in [0.4, 0.5) is 13.2 Å². The molecule has 0 aliphatic rings. The number of hydrogen-bond acceptors (Lipinski definition) is 2. The van der Waals surface area contributed by atoms with E-state index in [1.807, 2.05) is 20.8 Å². The minimum absolute atomic E-state index is 0. The highest BCUT2D eigenvalue weighted by atomic mass is 19.4. The molecule has 0 saturated carbocycles. The van der Waals surface area contributed by atoms with Gasteiger partial charge in [0.25, 0.3) is 0 Å². The summed E-state index contributed by atoms with van der Waals surface area (Å²) in [4.78, 5) is 10.7. The third kappa shape index (κ3) is 30.1. The van der Waals surface area contributed by atoms with Gasteiger partial charge in [0.2, 0.25) is 0 Å². The van der Waals surface area contributed by atoms with E-state index in [1.165, 1.54) is 0 Å². The zero-order valence-electron chi connectivity index (χ0n) is 9.03. The molecule has 0 spiro atoms. The number of nitrogens with one attached hydrogen (secondary N) is 1. The third-order valence-corrected chi connectivity index (χ3v) is 1.10. The fourth-order valence-electron chi connectivity index (χ4n) is 0.443. The zero-order valence-corrected chi connectivity index (χ0v) is 9.03. The molecule has 0 radical (unpaired) electrons. The zero-order chi connectivity index (χ0) is 11.8. The van der Waals surface area contributed by atoms with Crippen molar-refractivity contribution >= 4 is 5.78 Å². The molecule has 0 amide bonds. The van der Waals surface area contributed by atoms with E-state index in [4.69, 9.17) is 0 Å². The summed E-state index contributed by atoms with van der Waals surface area (Å²) >= 11 is 0. The first-order valence-electron chi connectivity index (χ1n) is 4.48. The Bertz CT molecular complexity index is 154. The van der Waals surface area contributed by atoms with Gasteiger partial charge in [-0.2, -0.15) is 13.2 Å². The predicted molar refractivity (Wildman–Crippen MR) is 52.3 cm³/mol. The fraction of sp³-hybridized carbons (Fsp3) is 0.889. The summed E-state index contributed by atoms with van der Waals surface area (Å²) in [5.74, 6) is 0.281. The predicted octanol–water partition coefficient (Wildman–Crippen LogP) is 2.78. The second kappa shape index (κ2) is 7.79. The summed E-state index contributed by atoms with van der Waals surface area (Å²) < 4.78 is 31.1. The van der Waals surface area contributed by atoms with Gasteiger partial charge in [-0.3, -0.25) is 4.79 Å². The maximum atomic E-state index is 10.7. The van der Waals surface area contributed by atoms with Crippen LogP contribution in [0, 0.1) is 0 Å². The van der Waals surface area contributed by atoms with Crippen molar-refractivity contribution in [2.75, 3.05) is 6.54 Å². The van der Waals surface area contributed by atoms with Crippen LogP contribution in [0.5, 0.6) is 0 Å². The van der Waals surface area contributed by atoms with E-state index >= 15 is 0 Å². The molecule has 1 N–H and O–H groups in total. The Morgan fingerprint density at radius 2 is 1.79 bits per heavy atom. The highest BCUT2D eigenvalue weighted by Crippen LogP contribution is 2.10. The number of rotatable bonds is 4. The van der Waals surface area contributed by atoms with Crippen LogP contribution in [-0.4, -0.2) is 24.5 Å². The molecule has 0 bridgehead atoms. The van der Waals surface area contributed by atoms with E-state index in [1.54, 1.807) is 0 Å². The Morgan fingerprint density at radius 1 is 1.43 bits per heavy atom. The lowest BCUT2D eigenvalue weighted by atomic mass is 10.3. The summed E-state index contributed by atoms with van der Waals surface area (Å²) in [6, 6.07) is 0.417. The van der Waals surface area contributed by atoms with Gasteiger partial charge in [0, 0.05) is 20.8 Å². The maximum absolute atomic E-state index is 10.7. The molecule has 2 nitrogen and oxygen atoms in total. The number of halogens is 3. The molecule has 0 atom stereocenters. The Kier molecular flexibility index (Phi) is 8.83. The van der Waals surface area contributed by atoms with Gasteiger partial charge in [0.1, 0.15) is 5.78 Å². The van der Waals surface area contributed by atoms with Gasteiger partial charge in [-0.1, -0.05) is 20.8 Å². The smallest absolute Gasteiger partial charge is 0.308 e. The van der Waals surface area contributed by atoms with E-state index < -0.39 is 6.18 Å². The fourth-order valence-corrected chi connectivity index (χ4v) is 0.443. The summed E-state index contributed by atoms with van der Waals surface area (Å²) in [5.41, 5.74) is 0. The van der Waals surface area contributed by atoms with E-state index in [-0.39, 0.29) is 14.1 Å². The quantitative estimate of drug-likeness (QED) is 0.781. The van der Waals surface area contributed by atoms with Crippen LogP contribution in [0.3, 0.4) is 0 Å². The standard InChI is InChI=1S/C7H15NO.C2H3F3.H2/c1-4-7(9)5-8-6(2)3;1-2(3,4)5;/h6,8H,4-5H2,1-3H3;1H3;1H. The summed E-state index contributed by atoms with van der Waals surface area (Å²) in [6.07, 6.45) is -3.36. The highest BCUT2D eigenvalue weighted by molar-refractivity contribution is 5.80. The van der Waals surface area contributed by atoms with Crippen molar-refractivity contribution in [3.8, 4) is 0 Å². The van der Waals surface area contributed by atoms with E-state index in [0.29, 0.717) is 19.0 Å². The van der Waals surface area contributed by atoms with Gasteiger partial charge in [-0.05, 0) is 0 Å². The van der Waals surface area contributed by atoms with Crippen molar-refractivity contribution in [2.45, 2.75) is 46.3 Å². The van der Waals surface area contributed by atoms with Crippen LogP contribution in [0.15, 0.2) is 0 Å². The van der Waals surface area contributed by atoms with Gasteiger partial charge in [-0.25, -0.2) is 0 Å². The first-order chi connectivity index (χ1) is 6.16. The lowest BCUT2D eigenvalue weighted by Crippen LogP contribution is -2.28. The number of hydrogen-bond donors (Lipinski definition) is 1. The molecule has 0 rings (SSSR count). The molecule has 5 heteroatoms. The Morgan fingerprint density at radius 3 is 2.00 bits per heavy atom. The molecule has 0 saturated heterocycles. The molecule has 0 fully saturated rings. The normalized spacial score (nSPS) is 10.9. The van der Waals surface area contributed by atoms with E-state index in [2.05, 4.69) is 5.32 Å².